The zero-order valence-corrected chi connectivity index (χ0v) is 20.3. The van der Waals surface area contributed by atoms with Gasteiger partial charge in [-0.25, -0.2) is 0 Å². The van der Waals surface area contributed by atoms with E-state index in [4.69, 9.17) is 9.47 Å². The average Bonchev–Trinajstić information content (AvgIpc) is 3.06. The maximum absolute atomic E-state index is 13.2. The van der Waals surface area contributed by atoms with Crippen molar-refractivity contribution >= 4 is 11.8 Å². The monoisotopic (exact) mass is 452 g/mol. The minimum Gasteiger partial charge on any atom is -0.481 e. The zero-order valence-electron chi connectivity index (χ0n) is 20.3. The first-order valence-corrected chi connectivity index (χ1v) is 12.0. The Hall–Kier alpha value is -3.02. The van der Waals surface area contributed by atoms with Crippen LogP contribution < -0.4 is 9.47 Å². The van der Waals surface area contributed by atoms with Crippen LogP contribution in [0.15, 0.2) is 48.5 Å². The lowest BCUT2D eigenvalue weighted by Crippen LogP contribution is -2.46. The third-order valence-corrected chi connectivity index (χ3v) is 5.95. The molecule has 2 amide bonds. The van der Waals surface area contributed by atoms with Crippen LogP contribution in [0.3, 0.4) is 0 Å². The van der Waals surface area contributed by atoms with Gasteiger partial charge >= 0.3 is 0 Å². The standard InChI is InChI=1S/C27H36N2O4/c1-5-24(32-22-12-7-10-20(3)18-22)26(30)28-14-9-15-29(17-16-28)27(31)25(6-2)33-23-13-8-11-21(4)19-23/h7-8,10-13,18-19,24-25H,5-6,9,14-17H2,1-4H3. The molecule has 2 atom stereocenters. The first-order chi connectivity index (χ1) is 15.9. The summed E-state index contributed by atoms with van der Waals surface area (Å²) in [5.41, 5.74) is 2.19. The molecular weight excluding hydrogens is 416 g/mol. The van der Waals surface area contributed by atoms with Gasteiger partial charge < -0.3 is 19.3 Å². The van der Waals surface area contributed by atoms with Crippen LogP contribution in [-0.2, 0) is 9.59 Å². The molecule has 6 heteroatoms. The number of carbonyl (C=O) groups is 2. The van der Waals surface area contributed by atoms with Crippen molar-refractivity contribution in [3.63, 3.8) is 0 Å². The van der Waals surface area contributed by atoms with E-state index in [0.29, 0.717) is 50.5 Å². The minimum atomic E-state index is -0.526. The summed E-state index contributed by atoms with van der Waals surface area (Å²) in [6.45, 7) is 10.2. The Morgan fingerprint density at radius 3 is 1.55 bits per heavy atom. The molecule has 2 aromatic carbocycles. The predicted octanol–water partition coefficient (Wildman–Crippen LogP) is 4.38. The second-order valence-corrected chi connectivity index (χ2v) is 8.67. The van der Waals surface area contributed by atoms with Crippen molar-refractivity contribution < 1.29 is 19.1 Å². The predicted molar refractivity (Wildman–Crippen MR) is 130 cm³/mol. The van der Waals surface area contributed by atoms with E-state index in [1.807, 2.05) is 86.0 Å². The summed E-state index contributed by atoms with van der Waals surface area (Å²) in [4.78, 5) is 30.0. The van der Waals surface area contributed by atoms with Crippen molar-refractivity contribution in [1.29, 1.82) is 0 Å². The van der Waals surface area contributed by atoms with E-state index in [0.717, 1.165) is 17.5 Å². The molecule has 0 aliphatic carbocycles. The second kappa shape index (κ2) is 11.7. The van der Waals surface area contributed by atoms with Crippen LogP contribution in [0, 0.1) is 13.8 Å². The Kier molecular flexibility index (Phi) is 8.75. The number of rotatable bonds is 8. The molecule has 1 fully saturated rings. The summed E-state index contributed by atoms with van der Waals surface area (Å²) >= 11 is 0. The summed E-state index contributed by atoms with van der Waals surface area (Å²) < 4.78 is 12.0. The molecule has 0 N–H and O–H groups in total. The maximum atomic E-state index is 13.2. The number of hydrogen-bond acceptors (Lipinski definition) is 4. The van der Waals surface area contributed by atoms with Crippen LogP contribution in [-0.4, -0.2) is 60.0 Å². The Labute approximate surface area is 197 Å². The van der Waals surface area contributed by atoms with Gasteiger partial charge in [0, 0.05) is 26.2 Å². The lowest BCUT2D eigenvalue weighted by molar-refractivity contribution is -0.141. The maximum Gasteiger partial charge on any atom is 0.263 e. The highest BCUT2D eigenvalue weighted by atomic mass is 16.5. The zero-order chi connectivity index (χ0) is 23.8. The number of hydrogen-bond donors (Lipinski definition) is 0. The molecule has 33 heavy (non-hydrogen) atoms. The van der Waals surface area contributed by atoms with E-state index in [2.05, 4.69) is 0 Å². The van der Waals surface area contributed by atoms with Crippen molar-refractivity contribution in [2.75, 3.05) is 26.2 Å². The molecule has 178 valence electrons. The number of carbonyl (C=O) groups excluding carboxylic acids is 2. The molecule has 0 aromatic heterocycles. The number of aryl methyl sites for hydroxylation is 2. The van der Waals surface area contributed by atoms with Gasteiger partial charge in [0.15, 0.2) is 12.2 Å². The van der Waals surface area contributed by atoms with E-state index in [-0.39, 0.29) is 11.8 Å². The van der Waals surface area contributed by atoms with Gasteiger partial charge in [0.2, 0.25) is 0 Å². The molecule has 0 radical (unpaired) electrons. The molecule has 3 rings (SSSR count). The Balaban J connectivity index is 1.60. The highest BCUT2D eigenvalue weighted by Crippen LogP contribution is 2.19. The van der Waals surface area contributed by atoms with Gasteiger partial charge in [-0.2, -0.15) is 0 Å². The van der Waals surface area contributed by atoms with Crippen LogP contribution in [0.5, 0.6) is 11.5 Å². The van der Waals surface area contributed by atoms with Gasteiger partial charge in [0.05, 0.1) is 0 Å². The van der Waals surface area contributed by atoms with Gasteiger partial charge in [0.25, 0.3) is 11.8 Å². The van der Waals surface area contributed by atoms with E-state index in [1.165, 1.54) is 0 Å². The summed E-state index contributed by atoms with van der Waals surface area (Å²) in [5.74, 6) is 1.38. The fourth-order valence-corrected chi connectivity index (χ4v) is 4.09. The third kappa shape index (κ3) is 6.73. The SMILES string of the molecule is CCC(Oc1cccc(C)c1)C(=O)N1CCCN(C(=O)C(CC)Oc2cccc(C)c2)CC1. The number of amides is 2. The Morgan fingerprint density at radius 2 is 1.18 bits per heavy atom. The molecular formula is C27H36N2O4. The van der Waals surface area contributed by atoms with Crippen LogP contribution in [0.4, 0.5) is 0 Å². The van der Waals surface area contributed by atoms with Crippen LogP contribution in [0.2, 0.25) is 0 Å². The lowest BCUT2D eigenvalue weighted by atomic mass is 10.2. The fourth-order valence-electron chi connectivity index (χ4n) is 4.09. The molecule has 0 spiro atoms. The van der Waals surface area contributed by atoms with Gasteiger partial charge in [-0.15, -0.1) is 0 Å². The van der Waals surface area contributed by atoms with E-state index < -0.39 is 12.2 Å². The number of nitrogens with zero attached hydrogens (tertiary/aromatic N) is 2. The van der Waals surface area contributed by atoms with Crippen molar-refractivity contribution in [2.24, 2.45) is 0 Å². The molecule has 0 saturated carbocycles. The van der Waals surface area contributed by atoms with Gasteiger partial charge in [-0.1, -0.05) is 38.1 Å². The number of ether oxygens (including phenoxy) is 2. The minimum absolute atomic E-state index is 0.0173. The molecule has 0 bridgehead atoms. The molecule has 2 aromatic rings. The van der Waals surface area contributed by atoms with Gasteiger partial charge in [-0.05, 0) is 68.5 Å². The van der Waals surface area contributed by atoms with Crippen LogP contribution in [0.25, 0.3) is 0 Å². The quantitative estimate of drug-likeness (QED) is 0.596. The Morgan fingerprint density at radius 1 is 0.758 bits per heavy atom. The van der Waals surface area contributed by atoms with Gasteiger partial charge in [0.1, 0.15) is 11.5 Å². The molecule has 2 unspecified atom stereocenters. The third-order valence-electron chi connectivity index (χ3n) is 5.95. The summed E-state index contributed by atoms with van der Waals surface area (Å²) in [6, 6.07) is 15.5. The smallest absolute Gasteiger partial charge is 0.263 e. The summed E-state index contributed by atoms with van der Waals surface area (Å²) in [6.07, 6.45) is 0.867. The van der Waals surface area contributed by atoms with Crippen molar-refractivity contribution in [3.8, 4) is 11.5 Å². The Bertz CT molecular complexity index is 870. The molecule has 1 heterocycles. The average molecular weight is 453 g/mol. The van der Waals surface area contributed by atoms with Crippen LogP contribution in [0.1, 0.15) is 44.2 Å². The molecule has 1 aliphatic heterocycles. The second-order valence-electron chi connectivity index (χ2n) is 8.67. The fraction of sp³-hybridized carbons (Fsp3) is 0.481. The largest absolute Gasteiger partial charge is 0.481 e. The van der Waals surface area contributed by atoms with Crippen LogP contribution >= 0.6 is 0 Å². The van der Waals surface area contributed by atoms with Gasteiger partial charge in [-0.3, -0.25) is 9.59 Å². The van der Waals surface area contributed by atoms with E-state index >= 15 is 0 Å². The van der Waals surface area contributed by atoms with Crippen molar-refractivity contribution in [1.82, 2.24) is 9.80 Å². The highest BCUT2D eigenvalue weighted by Gasteiger charge is 2.30. The summed E-state index contributed by atoms with van der Waals surface area (Å²) in [5, 5.41) is 0. The normalized spacial score (nSPS) is 16.0. The first kappa shape index (κ1) is 24.6. The molecule has 6 nitrogen and oxygen atoms in total. The molecule has 1 aliphatic rings. The highest BCUT2D eigenvalue weighted by molar-refractivity contribution is 5.83. The van der Waals surface area contributed by atoms with Crippen molar-refractivity contribution in [3.05, 3.63) is 59.7 Å². The van der Waals surface area contributed by atoms with E-state index in [9.17, 15) is 9.59 Å². The first-order valence-electron chi connectivity index (χ1n) is 12.0. The topological polar surface area (TPSA) is 59.1 Å². The van der Waals surface area contributed by atoms with Crippen molar-refractivity contribution in [2.45, 2.75) is 59.2 Å². The number of benzene rings is 2. The molecule has 1 saturated heterocycles. The summed E-state index contributed by atoms with van der Waals surface area (Å²) in [7, 11) is 0. The van der Waals surface area contributed by atoms with E-state index in [1.54, 1.807) is 0 Å². The lowest BCUT2D eigenvalue weighted by Gasteiger charge is -2.27.